The molecule has 0 radical (unpaired) electrons. The molecule has 276 valence electrons. The lowest BCUT2D eigenvalue weighted by Gasteiger charge is -2.37. The van der Waals surface area contributed by atoms with Gasteiger partial charge in [0.2, 0.25) is 11.6 Å². The van der Waals surface area contributed by atoms with Gasteiger partial charge in [0.15, 0.2) is 0 Å². The molecule has 0 spiro atoms. The highest BCUT2D eigenvalue weighted by Gasteiger charge is 2.86. The number of hydrogen-bond donors (Lipinski definition) is 0. The third-order valence-corrected chi connectivity index (χ3v) is 4.68. The minimum absolute atomic E-state index is 0.987. The molecule has 32 heteroatoms. The van der Waals surface area contributed by atoms with Crippen LogP contribution in [0.5, 0.6) is 0 Å². The maximum Gasteiger partial charge on any atom is 0.460 e. The Balaban J connectivity index is 4.09. The summed E-state index contributed by atoms with van der Waals surface area (Å²) >= 11 is 0. The van der Waals surface area contributed by atoms with Crippen molar-refractivity contribution in [1.29, 1.82) is 0 Å². The number of ether oxygens (including phenoxy) is 2. The van der Waals surface area contributed by atoms with Crippen molar-refractivity contribution in [3.63, 3.8) is 0 Å². The molecule has 0 N–H and O–H groups in total. The van der Waals surface area contributed by atoms with Gasteiger partial charge in [-0.05, 0) is 0 Å². The smallest absolute Gasteiger partial charge is 0.263 e. The van der Waals surface area contributed by atoms with Crippen molar-refractivity contribution in [2.24, 2.45) is 0 Å². The van der Waals surface area contributed by atoms with E-state index in [2.05, 4.69) is 0 Å². The maximum absolute atomic E-state index is 14.7. The molecular weight excluding hydrogens is 767 g/mol. The van der Waals surface area contributed by atoms with Gasteiger partial charge in [-0.1, -0.05) is 0 Å². The molecule has 0 saturated heterocycles. The molecule has 1 heterocycles. The van der Waals surface area contributed by atoms with Crippen LogP contribution in [0.4, 0.5) is 119 Å². The number of nitrogens with zero attached hydrogens (tertiary/aromatic N) is 3. The van der Waals surface area contributed by atoms with Crippen LogP contribution in [-0.4, -0.2) is 75.6 Å². The van der Waals surface area contributed by atoms with Crippen LogP contribution in [0, 0.1) is 6.08 Å². The number of aromatic nitrogens is 3. The van der Waals surface area contributed by atoms with Gasteiger partial charge in [-0.15, -0.1) is 0 Å². The van der Waals surface area contributed by atoms with E-state index in [0.717, 1.165) is 4.98 Å². The lowest BCUT2D eigenvalue weighted by molar-refractivity contribution is -0.498. The van der Waals surface area contributed by atoms with Gasteiger partial charge in [-0.25, -0.2) is 4.98 Å². The predicted octanol–water partition coefficient (Wildman–Crippen LogP) is 8.26. The van der Waals surface area contributed by atoms with Gasteiger partial charge in [0.1, 0.15) is 0 Å². The third-order valence-electron chi connectivity index (χ3n) is 4.68. The Morgan fingerprint density at radius 2 is 0.553 bits per heavy atom. The van der Waals surface area contributed by atoms with Crippen molar-refractivity contribution < 1.29 is 128 Å². The highest BCUT2D eigenvalue weighted by molar-refractivity contribution is 5.10. The quantitative estimate of drug-likeness (QED) is 0.225. The van der Waals surface area contributed by atoms with Crippen LogP contribution in [-0.2, 0) is 21.2 Å². The van der Waals surface area contributed by atoms with E-state index in [4.69, 9.17) is 0 Å². The fraction of sp³-hybridized carbons (Fsp3) is 0.800. The summed E-state index contributed by atoms with van der Waals surface area (Å²) in [6, 6.07) is 0. The Morgan fingerprint density at radius 1 is 0.319 bits per heavy atom. The topological polar surface area (TPSA) is 57.1 Å². The zero-order chi connectivity index (χ0) is 38.3. The van der Waals surface area contributed by atoms with Gasteiger partial charge in [0.05, 0.1) is 0 Å². The molecule has 5 nitrogen and oxygen atoms in total. The highest BCUT2D eigenvalue weighted by Crippen LogP contribution is 2.59. The normalized spacial score (nSPS) is 18.2. The molecule has 0 aliphatic heterocycles. The second-order valence-electron chi connectivity index (χ2n) is 7.97. The molecule has 0 aliphatic rings. The second-order valence-corrected chi connectivity index (χ2v) is 7.97. The molecule has 2 atom stereocenters. The average molecular weight is 767 g/mol. The molecule has 0 saturated carbocycles. The first kappa shape index (κ1) is 42.1. The second kappa shape index (κ2) is 11.0. The van der Waals surface area contributed by atoms with Gasteiger partial charge < -0.3 is 0 Å². The molecule has 1 aromatic heterocycles. The van der Waals surface area contributed by atoms with Crippen LogP contribution >= 0.6 is 0 Å². The van der Waals surface area contributed by atoms with E-state index in [0.29, 0.717) is 0 Å². The number of alkyl halides is 26. The van der Waals surface area contributed by atoms with Crippen molar-refractivity contribution >= 4 is 0 Å². The van der Waals surface area contributed by atoms with Crippen molar-refractivity contribution in [3.05, 3.63) is 17.7 Å². The standard InChI is InChI=1S/C15F27N3O2/c16-3-44-1(4(17,10(27,28)29)46-14(39,40)8(23,24)6(19,20)12(33,34)35)43-2(45-3)5(18,11(30,31)32)47-15(41,42)9(25,26)7(21,22)13(36,37)38. The van der Waals surface area contributed by atoms with Gasteiger partial charge in [-0.3, -0.25) is 9.47 Å². The first-order valence-electron chi connectivity index (χ1n) is 9.76. The maximum atomic E-state index is 14.7. The summed E-state index contributed by atoms with van der Waals surface area (Å²) in [5.41, 5.74) is 0. The Morgan fingerprint density at radius 3 is 0.745 bits per heavy atom. The van der Waals surface area contributed by atoms with E-state index < -0.39 is 90.0 Å². The average Bonchev–Trinajstić information content (AvgIpc) is 2.79. The monoisotopic (exact) mass is 767 g/mol. The van der Waals surface area contributed by atoms with Crippen LogP contribution in [0.3, 0.4) is 0 Å². The molecule has 47 heavy (non-hydrogen) atoms. The van der Waals surface area contributed by atoms with E-state index in [1.54, 1.807) is 9.47 Å². The summed E-state index contributed by atoms with van der Waals surface area (Å²) in [4.78, 5) is 3.33. The Kier molecular flexibility index (Phi) is 9.87. The first-order valence-corrected chi connectivity index (χ1v) is 9.76. The van der Waals surface area contributed by atoms with Crippen LogP contribution in [0.15, 0.2) is 0 Å². The predicted molar refractivity (Wildman–Crippen MR) is 81.4 cm³/mol. The van der Waals surface area contributed by atoms with E-state index in [-0.39, 0.29) is 0 Å². The van der Waals surface area contributed by atoms with Crippen LogP contribution in [0.1, 0.15) is 11.6 Å². The Bertz CT molecular complexity index is 1200. The van der Waals surface area contributed by atoms with Crippen molar-refractivity contribution in [2.45, 2.75) is 72.3 Å². The lowest BCUT2D eigenvalue weighted by Crippen LogP contribution is -2.64. The summed E-state index contributed by atoms with van der Waals surface area (Å²) in [6.07, 6.45) is -52.0. The van der Waals surface area contributed by atoms with E-state index in [1.165, 1.54) is 9.97 Å². The summed E-state index contributed by atoms with van der Waals surface area (Å²) in [6.45, 7) is 0. The highest BCUT2D eigenvalue weighted by atomic mass is 19.4. The van der Waals surface area contributed by atoms with Crippen molar-refractivity contribution in [3.8, 4) is 0 Å². The minimum Gasteiger partial charge on any atom is -0.263 e. The number of hydrogen-bond acceptors (Lipinski definition) is 5. The fourth-order valence-electron chi connectivity index (χ4n) is 2.30. The van der Waals surface area contributed by atoms with Crippen LogP contribution in [0.25, 0.3) is 0 Å². The van der Waals surface area contributed by atoms with Gasteiger partial charge in [-0.2, -0.15) is 129 Å². The Labute approximate surface area is 234 Å². The summed E-state index contributed by atoms with van der Waals surface area (Å²) in [5, 5.41) is 0. The zero-order valence-corrected chi connectivity index (χ0v) is 19.9. The molecule has 0 aliphatic carbocycles. The van der Waals surface area contributed by atoms with E-state index in [9.17, 15) is 119 Å². The number of rotatable bonds is 10. The SMILES string of the molecule is Fc1nc(C(F)(OC(F)(F)C(F)(F)C(F)(F)C(F)(F)F)C(F)(F)F)nc(C(F)(OC(F)(F)C(F)(F)C(F)(F)C(F)(F)F)C(F)(F)F)n1. The van der Waals surface area contributed by atoms with Crippen LogP contribution in [0.2, 0.25) is 0 Å². The largest absolute Gasteiger partial charge is 0.460 e. The van der Waals surface area contributed by atoms with Gasteiger partial charge in [0.25, 0.3) is 0 Å². The Hall–Kier alpha value is -2.96. The van der Waals surface area contributed by atoms with Crippen molar-refractivity contribution in [1.82, 2.24) is 15.0 Å². The fourth-order valence-corrected chi connectivity index (χ4v) is 2.30. The third kappa shape index (κ3) is 6.57. The molecule has 0 bridgehead atoms. The first-order chi connectivity index (χ1) is 20.0. The lowest BCUT2D eigenvalue weighted by atomic mass is 10.1. The molecular formula is C15F27N3O2. The molecule has 0 amide bonds. The van der Waals surface area contributed by atoms with Crippen molar-refractivity contribution in [2.75, 3.05) is 0 Å². The molecule has 1 aromatic rings. The molecule has 0 aromatic carbocycles. The minimum atomic E-state index is -8.44. The van der Waals surface area contributed by atoms with Gasteiger partial charge >= 0.3 is 78.4 Å². The molecule has 2 unspecified atom stereocenters. The number of halogens is 27. The van der Waals surface area contributed by atoms with E-state index >= 15 is 0 Å². The summed E-state index contributed by atoms with van der Waals surface area (Å²) in [7, 11) is 0. The summed E-state index contributed by atoms with van der Waals surface area (Å²) < 4.78 is 358. The van der Waals surface area contributed by atoms with E-state index in [1.807, 2.05) is 0 Å². The van der Waals surface area contributed by atoms with Gasteiger partial charge in [0, 0.05) is 0 Å². The molecule has 1 rings (SSSR count). The van der Waals surface area contributed by atoms with Crippen LogP contribution < -0.4 is 0 Å². The molecule has 0 fully saturated rings. The summed E-state index contributed by atoms with van der Waals surface area (Å²) in [5.74, 6) is -57.4. The zero-order valence-electron chi connectivity index (χ0n) is 19.9.